The fraction of sp³-hybridized carbons (Fsp3) is 0.0769. The van der Waals surface area contributed by atoms with Crippen molar-refractivity contribution < 1.29 is 14.0 Å². The zero-order chi connectivity index (χ0) is 15.4. The van der Waals surface area contributed by atoms with E-state index in [1.165, 1.54) is 37.4 Å². The Kier molecular flexibility index (Phi) is 4.07. The van der Waals surface area contributed by atoms with E-state index in [1.54, 1.807) is 0 Å². The molecule has 0 saturated heterocycles. The molecule has 0 bridgehead atoms. The molecule has 8 heteroatoms. The van der Waals surface area contributed by atoms with Crippen LogP contribution in [0.4, 0.5) is 4.39 Å². The number of amides is 2. The minimum atomic E-state index is -0.800. The third kappa shape index (κ3) is 3.30. The van der Waals surface area contributed by atoms with E-state index in [-0.39, 0.29) is 16.8 Å². The van der Waals surface area contributed by atoms with E-state index in [9.17, 15) is 18.8 Å². The van der Waals surface area contributed by atoms with E-state index in [0.29, 0.717) is 0 Å². The van der Waals surface area contributed by atoms with Crippen molar-refractivity contribution in [1.29, 1.82) is 0 Å². The van der Waals surface area contributed by atoms with Gasteiger partial charge in [-0.3, -0.25) is 25.2 Å². The third-order valence-corrected chi connectivity index (χ3v) is 2.60. The summed E-state index contributed by atoms with van der Waals surface area (Å²) >= 11 is 0. The molecule has 0 atom stereocenters. The molecule has 0 spiro atoms. The quantitative estimate of drug-likeness (QED) is 0.761. The lowest BCUT2D eigenvalue weighted by Crippen LogP contribution is -2.42. The lowest BCUT2D eigenvalue weighted by atomic mass is 10.2. The van der Waals surface area contributed by atoms with E-state index in [0.717, 1.165) is 10.7 Å². The monoisotopic (exact) mass is 290 g/mol. The zero-order valence-corrected chi connectivity index (χ0v) is 11.0. The van der Waals surface area contributed by atoms with Crippen LogP contribution in [-0.2, 0) is 7.05 Å². The number of hydrogen-bond donors (Lipinski definition) is 2. The molecule has 0 aliphatic heterocycles. The molecular formula is C13H11FN4O3. The summed E-state index contributed by atoms with van der Waals surface area (Å²) in [6, 6.07) is 7.73. The lowest BCUT2D eigenvalue weighted by Gasteiger charge is -2.07. The third-order valence-electron chi connectivity index (χ3n) is 2.60. The molecule has 0 radical (unpaired) electrons. The molecule has 2 N–H and O–H groups in total. The maximum atomic E-state index is 13.4. The maximum Gasteiger partial charge on any atom is 0.290 e. The fourth-order valence-electron chi connectivity index (χ4n) is 1.51. The van der Waals surface area contributed by atoms with Gasteiger partial charge in [0.2, 0.25) is 0 Å². The molecule has 2 amide bonds. The Bertz CT molecular complexity index is 757. The Hall–Kier alpha value is -3.03. The highest BCUT2D eigenvalue weighted by Crippen LogP contribution is 2.05. The van der Waals surface area contributed by atoms with Gasteiger partial charge in [-0.25, -0.2) is 9.07 Å². The van der Waals surface area contributed by atoms with Crippen LogP contribution in [0.2, 0.25) is 0 Å². The molecule has 1 heterocycles. The van der Waals surface area contributed by atoms with Crippen LogP contribution in [0.25, 0.3) is 0 Å². The first-order valence-corrected chi connectivity index (χ1v) is 5.88. The summed E-state index contributed by atoms with van der Waals surface area (Å²) < 4.78 is 14.3. The molecule has 0 unspecified atom stereocenters. The van der Waals surface area contributed by atoms with Crippen LogP contribution >= 0.6 is 0 Å². The van der Waals surface area contributed by atoms with Gasteiger partial charge in [0.1, 0.15) is 5.82 Å². The number of rotatable bonds is 2. The number of halogens is 1. The normalized spacial score (nSPS) is 10.0. The highest BCUT2D eigenvalue weighted by atomic mass is 19.1. The van der Waals surface area contributed by atoms with Gasteiger partial charge in [-0.2, -0.15) is 5.10 Å². The summed E-state index contributed by atoms with van der Waals surface area (Å²) in [7, 11) is 1.39. The van der Waals surface area contributed by atoms with E-state index >= 15 is 0 Å². The van der Waals surface area contributed by atoms with Crippen molar-refractivity contribution in [2.45, 2.75) is 0 Å². The van der Waals surface area contributed by atoms with Crippen molar-refractivity contribution in [3.05, 3.63) is 63.8 Å². The van der Waals surface area contributed by atoms with Crippen molar-refractivity contribution >= 4 is 11.8 Å². The molecule has 7 nitrogen and oxygen atoms in total. The molecule has 108 valence electrons. The topological polar surface area (TPSA) is 93.1 Å². The zero-order valence-electron chi connectivity index (χ0n) is 11.0. The number of aromatic nitrogens is 2. The molecule has 0 fully saturated rings. The van der Waals surface area contributed by atoms with Gasteiger partial charge >= 0.3 is 0 Å². The Balaban J connectivity index is 2.04. The summed E-state index contributed by atoms with van der Waals surface area (Å²) in [5.74, 6) is -2.23. The summed E-state index contributed by atoms with van der Waals surface area (Å²) in [5, 5.41) is 3.71. The number of carbonyl (C=O) groups is 2. The number of carbonyl (C=O) groups excluding carboxylic acids is 2. The van der Waals surface area contributed by atoms with Crippen molar-refractivity contribution in [1.82, 2.24) is 20.6 Å². The van der Waals surface area contributed by atoms with Gasteiger partial charge in [0.25, 0.3) is 17.4 Å². The van der Waals surface area contributed by atoms with Gasteiger partial charge in [0, 0.05) is 13.1 Å². The summed E-state index contributed by atoms with van der Waals surface area (Å²) in [5.41, 5.74) is 3.51. The Morgan fingerprint density at radius 2 is 1.76 bits per heavy atom. The molecular weight excluding hydrogens is 279 g/mol. The summed E-state index contributed by atoms with van der Waals surface area (Å²) in [4.78, 5) is 34.6. The molecule has 2 rings (SSSR count). The van der Waals surface area contributed by atoms with Crippen LogP contribution in [0.1, 0.15) is 20.8 Å². The molecule has 1 aromatic heterocycles. The van der Waals surface area contributed by atoms with Crippen LogP contribution in [-0.4, -0.2) is 21.6 Å². The highest BCUT2D eigenvalue weighted by molar-refractivity contribution is 5.98. The number of nitrogens with one attached hydrogen (secondary N) is 2. The van der Waals surface area contributed by atoms with Crippen molar-refractivity contribution in [2.75, 3.05) is 0 Å². The van der Waals surface area contributed by atoms with E-state index in [1.807, 2.05) is 0 Å². The summed E-state index contributed by atoms with van der Waals surface area (Å²) in [6.45, 7) is 0. The van der Waals surface area contributed by atoms with E-state index in [4.69, 9.17) is 0 Å². The van der Waals surface area contributed by atoms with Crippen molar-refractivity contribution in [3.63, 3.8) is 0 Å². The van der Waals surface area contributed by atoms with Crippen molar-refractivity contribution in [2.24, 2.45) is 7.05 Å². The molecule has 1 aromatic carbocycles. The molecule has 0 aliphatic rings. The van der Waals surface area contributed by atoms with Crippen molar-refractivity contribution in [3.8, 4) is 0 Å². The first kappa shape index (κ1) is 14.4. The van der Waals surface area contributed by atoms with Gasteiger partial charge in [-0.1, -0.05) is 12.1 Å². The minimum Gasteiger partial charge on any atom is -0.268 e. The van der Waals surface area contributed by atoms with Gasteiger partial charge in [-0.15, -0.1) is 0 Å². The standard InChI is InChI=1S/C13H11FN4O3/c1-18-11(19)7-6-10(17-18)13(21)16-15-12(20)8-4-2-3-5-9(8)14/h2-7H,1H3,(H,15,20)(H,16,21). The average Bonchev–Trinajstić information content (AvgIpc) is 2.47. The minimum absolute atomic E-state index is 0.0640. The average molecular weight is 290 g/mol. The first-order chi connectivity index (χ1) is 9.99. The number of aryl methyl sites for hydroxylation is 1. The van der Waals surface area contributed by atoms with Crippen LogP contribution in [0.15, 0.2) is 41.2 Å². The van der Waals surface area contributed by atoms with E-state index in [2.05, 4.69) is 16.0 Å². The van der Waals surface area contributed by atoms with Crippen LogP contribution < -0.4 is 16.4 Å². The smallest absolute Gasteiger partial charge is 0.268 e. The number of benzene rings is 1. The molecule has 2 aromatic rings. The first-order valence-electron chi connectivity index (χ1n) is 5.88. The van der Waals surface area contributed by atoms with Gasteiger partial charge in [0.05, 0.1) is 5.56 Å². The number of hydrazine groups is 1. The van der Waals surface area contributed by atoms with Crippen LogP contribution in [0, 0.1) is 5.82 Å². The second kappa shape index (κ2) is 5.95. The molecule has 21 heavy (non-hydrogen) atoms. The fourth-order valence-corrected chi connectivity index (χ4v) is 1.51. The second-order valence-electron chi connectivity index (χ2n) is 4.07. The number of hydrogen-bond acceptors (Lipinski definition) is 4. The largest absolute Gasteiger partial charge is 0.290 e. The Labute approximate surface area is 118 Å². The second-order valence-corrected chi connectivity index (χ2v) is 4.07. The SMILES string of the molecule is Cn1nc(C(=O)NNC(=O)c2ccccc2F)ccc1=O. The van der Waals surface area contributed by atoms with Crippen LogP contribution in [0.5, 0.6) is 0 Å². The predicted octanol–water partition coefficient (Wildman–Crippen LogP) is -0.00580. The predicted molar refractivity (Wildman–Crippen MR) is 70.8 cm³/mol. The Morgan fingerprint density at radius 3 is 2.43 bits per heavy atom. The maximum absolute atomic E-state index is 13.4. The van der Waals surface area contributed by atoms with Gasteiger partial charge in [-0.05, 0) is 18.2 Å². The molecule has 0 aliphatic carbocycles. The van der Waals surface area contributed by atoms with E-state index < -0.39 is 17.6 Å². The lowest BCUT2D eigenvalue weighted by molar-refractivity contribution is 0.0840. The van der Waals surface area contributed by atoms with Gasteiger partial charge < -0.3 is 0 Å². The Morgan fingerprint density at radius 1 is 1.10 bits per heavy atom. The highest BCUT2D eigenvalue weighted by Gasteiger charge is 2.13. The van der Waals surface area contributed by atoms with Crippen LogP contribution in [0.3, 0.4) is 0 Å². The summed E-state index contributed by atoms with van der Waals surface area (Å²) in [6.07, 6.45) is 0. The molecule has 0 saturated carbocycles. The number of nitrogens with zero attached hydrogens (tertiary/aromatic N) is 2. The van der Waals surface area contributed by atoms with Gasteiger partial charge in [0.15, 0.2) is 5.69 Å².